The lowest BCUT2D eigenvalue weighted by Gasteiger charge is -2.32. The number of hydrogen-bond donors (Lipinski definition) is 3. The molecule has 0 aliphatic carbocycles. The molecule has 1 unspecified atom stereocenters. The Labute approximate surface area is 224 Å². The van der Waals surface area contributed by atoms with Gasteiger partial charge in [-0.2, -0.15) is 0 Å². The lowest BCUT2D eigenvalue weighted by Crippen LogP contribution is -2.37. The van der Waals surface area contributed by atoms with E-state index in [1.807, 2.05) is 51.2 Å². The summed E-state index contributed by atoms with van der Waals surface area (Å²) in [4.78, 5) is 20.4. The second-order valence-electron chi connectivity index (χ2n) is 8.51. The minimum Gasteiger partial charge on any atom is -0.494 e. The van der Waals surface area contributed by atoms with E-state index in [0.717, 1.165) is 37.4 Å². The van der Waals surface area contributed by atoms with Crippen LogP contribution in [0.1, 0.15) is 26.7 Å². The number of benzene rings is 1. The number of aromatic nitrogens is 4. The van der Waals surface area contributed by atoms with Gasteiger partial charge in [0.25, 0.3) is 0 Å². The molecule has 1 saturated heterocycles. The number of aliphatic hydroxyl groups is 1. The van der Waals surface area contributed by atoms with Crippen LogP contribution in [0.3, 0.4) is 0 Å². The number of hydrogen-bond acceptors (Lipinski definition) is 11. The highest BCUT2D eigenvalue weighted by Crippen LogP contribution is 2.28. The van der Waals surface area contributed by atoms with Crippen LogP contribution in [0.2, 0.25) is 0 Å². The molecular weight excluding hydrogens is 486 g/mol. The van der Waals surface area contributed by atoms with E-state index in [1.165, 1.54) is 0 Å². The Bertz CT molecular complexity index is 1110. The minimum absolute atomic E-state index is 0.180. The van der Waals surface area contributed by atoms with E-state index in [0.29, 0.717) is 41.7 Å². The molecule has 0 amide bonds. The molecule has 2 aromatic heterocycles. The fourth-order valence-electron chi connectivity index (χ4n) is 3.88. The van der Waals surface area contributed by atoms with Gasteiger partial charge in [0.05, 0.1) is 19.5 Å². The number of anilines is 3. The summed E-state index contributed by atoms with van der Waals surface area (Å²) in [5, 5.41) is 16.1. The van der Waals surface area contributed by atoms with Gasteiger partial charge in [0.15, 0.2) is 11.6 Å². The molecular formula is C27H39N7O4. The Morgan fingerprint density at radius 2 is 1.84 bits per heavy atom. The Balaban J connectivity index is 0.00000195. The first-order valence-electron chi connectivity index (χ1n) is 12.9. The number of nitrogens with zero attached hydrogens (tertiary/aromatic N) is 5. The predicted octanol–water partition coefficient (Wildman–Crippen LogP) is 3.29. The van der Waals surface area contributed by atoms with E-state index < -0.39 is 6.10 Å². The maximum atomic E-state index is 9.97. The Kier molecular flexibility index (Phi) is 11.5. The van der Waals surface area contributed by atoms with E-state index in [9.17, 15) is 5.11 Å². The molecule has 0 spiro atoms. The summed E-state index contributed by atoms with van der Waals surface area (Å²) < 4.78 is 16.5. The SMILES string of the molecule is CC.CNCC(O)COc1cccc(-c2nc(Nc3ncc(OC)cn3)cc(N(C)C3CCOCC3)n2)c1. The van der Waals surface area contributed by atoms with Gasteiger partial charge in [-0.3, -0.25) is 0 Å². The van der Waals surface area contributed by atoms with Gasteiger partial charge in [-0.05, 0) is 32.0 Å². The highest BCUT2D eigenvalue weighted by Gasteiger charge is 2.21. The number of ether oxygens (including phenoxy) is 3. The maximum Gasteiger partial charge on any atom is 0.228 e. The molecule has 1 aliphatic heterocycles. The predicted molar refractivity (Wildman–Crippen MR) is 148 cm³/mol. The highest BCUT2D eigenvalue weighted by atomic mass is 16.5. The number of likely N-dealkylation sites (N-methyl/N-ethyl adjacent to an activating group) is 1. The summed E-state index contributed by atoms with van der Waals surface area (Å²) in [5.41, 5.74) is 0.788. The fraction of sp³-hybridized carbons (Fsp3) is 0.481. The van der Waals surface area contributed by atoms with Gasteiger partial charge >= 0.3 is 0 Å². The number of nitrogens with one attached hydrogen (secondary N) is 2. The highest BCUT2D eigenvalue weighted by molar-refractivity contribution is 5.65. The molecule has 206 valence electrons. The first-order chi connectivity index (χ1) is 18.6. The zero-order valence-electron chi connectivity index (χ0n) is 22.8. The van der Waals surface area contributed by atoms with Gasteiger partial charge < -0.3 is 34.9 Å². The standard InChI is InChI=1S/C25H33N7O4.C2H6/c1-26-13-19(33)16-36-20-6-4-5-17(11-20)24-29-22(30-25-27-14-21(34-3)15-28-25)12-23(31-24)32(2)18-7-9-35-10-8-18;1-2/h4-6,11-12,14-15,18-19,26,33H,7-10,13,16H2,1-3H3,(H,27,28,29,30,31);1-2H3. The van der Waals surface area contributed by atoms with Gasteiger partial charge in [-0.15, -0.1) is 0 Å². The van der Waals surface area contributed by atoms with Crippen molar-refractivity contribution in [2.45, 2.75) is 38.8 Å². The van der Waals surface area contributed by atoms with Crippen LogP contribution >= 0.6 is 0 Å². The van der Waals surface area contributed by atoms with Crippen molar-refractivity contribution in [3.63, 3.8) is 0 Å². The summed E-state index contributed by atoms with van der Waals surface area (Å²) in [5.74, 6) is 3.47. The second-order valence-corrected chi connectivity index (χ2v) is 8.51. The third kappa shape index (κ3) is 8.23. The lowest BCUT2D eigenvalue weighted by atomic mass is 10.1. The van der Waals surface area contributed by atoms with Crippen LogP contribution in [-0.2, 0) is 4.74 Å². The molecule has 11 nitrogen and oxygen atoms in total. The van der Waals surface area contributed by atoms with E-state index in [4.69, 9.17) is 24.2 Å². The van der Waals surface area contributed by atoms with E-state index >= 15 is 0 Å². The second kappa shape index (κ2) is 15.0. The van der Waals surface area contributed by atoms with Crippen LogP contribution in [-0.4, -0.2) is 84.8 Å². The zero-order chi connectivity index (χ0) is 27.3. The number of methoxy groups -OCH3 is 1. The molecule has 3 heterocycles. The van der Waals surface area contributed by atoms with Crippen molar-refractivity contribution in [3.05, 3.63) is 42.7 Å². The zero-order valence-corrected chi connectivity index (χ0v) is 22.8. The van der Waals surface area contributed by atoms with Crippen molar-refractivity contribution < 1.29 is 19.3 Å². The summed E-state index contributed by atoms with van der Waals surface area (Å²) in [6, 6.07) is 9.73. The van der Waals surface area contributed by atoms with E-state index in [-0.39, 0.29) is 6.61 Å². The van der Waals surface area contributed by atoms with E-state index in [1.54, 1.807) is 26.6 Å². The molecule has 38 heavy (non-hydrogen) atoms. The van der Waals surface area contributed by atoms with Crippen molar-refractivity contribution in [3.8, 4) is 22.9 Å². The maximum absolute atomic E-state index is 9.97. The molecule has 11 heteroatoms. The molecule has 1 fully saturated rings. The molecule has 0 bridgehead atoms. The topological polar surface area (TPSA) is 127 Å². The van der Waals surface area contributed by atoms with Crippen molar-refractivity contribution in [2.75, 3.05) is 57.8 Å². The normalized spacial score (nSPS) is 14.2. The van der Waals surface area contributed by atoms with Crippen LogP contribution in [0, 0.1) is 0 Å². The summed E-state index contributed by atoms with van der Waals surface area (Å²) >= 11 is 0. The van der Waals surface area contributed by atoms with Gasteiger partial charge in [0.1, 0.15) is 30.1 Å². The summed E-state index contributed by atoms with van der Waals surface area (Å²) in [6.45, 7) is 6.10. The first-order valence-corrected chi connectivity index (χ1v) is 12.9. The van der Waals surface area contributed by atoms with Crippen molar-refractivity contribution >= 4 is 17.6 Å². The van der Waals surface area contributed by atoms with Gasteiger partial charge in [-0.1, -0.05) is 26.0 Å². The molecule has 4 rings (SSSR count). The molecule has 3 N–H and O–H groups in total. The van der Waals surface area contributed by atoms with Crippen LogP contribution in [0.25, 0.3) is 11.4 Å². The van der Waals surface area contributed by atoms with Crippen LogP contribution in [0.5, 0.6) is 11.5 Å². The summed E-state index contributed by atoms with van der Waals surface area (Å²) in [7, 11) is 5.40. The third-order valence-corrected chi connectivity index (χ3v) is 5.89. The number of rotatable bonds is 11. The van der Waals surface area contributed by atoms with Crippen molar-refractivity contribution in [2.24, 2.45) is 0 Å². The van der Waals surface area contributed by atoms with Crippen molar-refractivity contribution in [1.29, 1.82) is 0 Å². The van der Waals surface area contributed by atoms with Gasteiger partial charge in [-0.25, -0.2) is 19.9 Å². The Hall–Kier alpha value is -3.54. The molecule has 1 aliphatic rings. The number of aliphatic hydroxyl groups excluding tert-OH is 1. The lowest BCUT2D eigenvalue weighted by molar-refractivity contribution is 0.0853. The average molecular weight is 526 g/mol. The largest absolute Gasteiger partial charge is 0.494 e. The van der Waals surface area contributed by atoms with Crippen LogP contribution in [0.4, 0.5) is 17.6 Å². The third-order valence-electron chi connectivity index (χ3n) is 5.89. The molecule has 0 saturated carbocycles. The smallest absolute Gasteiger partial charge is 0.228 e. The molecule has 0 radical (unpaired) electrons. The quantitative estimate of drug-likeness (QED) is 0.341. The van der Waals surface area contributed by atoms with E-state index in [2.05, 4.69) is 25.5 Å². The van der Waals surface area contributed by atoms with Crippen LogP contribution < -0.4 is 25.0 Å². The molecule has 3 aromatic rings. The average Bonchev–Trinajstić information content (AvgIpc) is 2.98. The Morgan fingerprint density at radius 3 is 2.53 bits per heavy atom. The van der Waals surface area contributed by atoms with Crippen LogP contribution in [0.15, 0.2) is 42.7 Å². The van der Waals surface area contributed by atoms with Gasteiger partial charge in [0, 0.05) is 44.5 Å². The first kappa shape index (κ1) is 29.0. The van der Waals surface area contributed by atoms with Crippen molar-refractivity contribution in [1.82, 2.24) is 25.3 Å². The minimum atomic E-state index is -0.605. The molecule has 1 aromatic carbocycles. The monoisotopic (exact) mass is 525 g/mol. The summed E-state index contributed by atoms with van der Waals surface area (Å²) in [6.07, 6.45) is 4.44. The Morgan fingerprint density at radius 1 is 1.11 bits per heavy atom. The van der Waals surface area contributed by atoms with Gasteiger partial charge in [0.2, 0.25) is 5.95 Å². The fourth-order valence-corrected chi connectivity index (χ4v) is 3.88. The molecule has 1 atom stereocenters.